The highest BCUT2D eigenvalue weighted by Gasteiger charge is 2.15. The molecule has 20 heavy (non-hydrogen) atoms. The van der Waals surface area contributed by atoms with Crippen LogP contribution in [0.25, 0.3) is 0 Å². The summed E-state index contributed by atoms with van der Waals surface area (Å²) in [4.78, 5) is 13.3. The van der Waals surface area contributed by atoms with E-state index < -0.39 is 0 Å². The zero-order chi connectivity index (χ0) is 14.9. The molecular weight excluding hydrogens is 268 g/mol. The Hall–Kier alpha value is -2.12. The Labute approximate surface area is 122 Å². The van der Waals surface area contributed by atoms with E-state index in [1.807, 2.05) is 39.8 Å². The number of hydrogen-bond acceptors (Lipinski definition) is 3. The molecule has 1 aromatic carbocycles. The number of nitrogens with one attached hydrogen (secondary N) is 1. The van der Waals surface area contributed by atoms with Gasteiger partial charge in [-0.15, -0.1) is 11.3 Å². The maximum absolute atomic E-state index is 12.3. The Kier molecular flexibility index (Phi) is 3.91. The SMILES string of the molecule is Cc1ccc(C(=O)Nc2sc(C)c(C)c2C#N)cc1C. The van der Waals surface area contributed by atoms with Gasteiger partial charge in [-0.25, -0.2) is 0 Å². The highest BCUT2D eigenvalue weighted by molar-refractivity contribution is 7.16. The second kappa shape index (κ2) is 5.48. The Bertz CT molecular complexity index is 723. The van der Waals surface area contributed by atoms with E-state index in [0.29, 0.717) is 16.1 Å². The lowest BCUT2D eigenvalue weighted by molar-refractivity contribution is 0.102. The van der Waals surface area contributed by atoms with Gasteiger partial charge >= 0.3 is 0 Å². The lowest BCUT2D eigenvalue weighted by Crippen LogP contribution is -2.12. The zero-order valence-electron chi connectivity index (χ0n) is 12.0. The molecule has 0 atom stereocenters. The number of amides is 1. The van der Waals surface area contributed by atoms with Gasteiger partial charge in [0.05, 0.1) is 5.56 Å². The van der Waals surface area contributed by atoms with Crippen LogP contribution in [-0.4, -0.2) is 5.91 Å². The first-order valence-electron chi connectivity index (χ1n) is 6.32. The summed E-state index contributed by atoms with van der Waals surface area (Å²) >= 11 is 1.44. The first kappa shape index (κ1) is 14.3. The molecule has 0 saturated carbocycles. The zero-order valence-corrected chi connectivity index (χ0v) is 12.8. The van der Waals surface area contributed by atoms with Gasteiger partial charge in [0.2, 0.25) is 0 Å². The fourth-order valence-corrected chi connectivity index (χ4v) is 2.91. The molecule has 1 N–H and O–H groups in total. The van der Waals surface area contributed by atoms with E-state index in [2.05, 4.69) is 11.4 Å². The maximum Gasteiger partial charge on any atom is 0.256 e. The number of rotatable bonds is 2. The monoisotopic (exact) mass is 284 g/mol. The number of anilines is 1. The number of hydrogen-bond donors (Lipinski definition) is 1. The van der Waals surface area contributed by atoms with Crippen LogP contribution in [0.15, 0.2) is 18.2 Å². The first-order valence-corrected chi connectivity index (χ1v) is 7.14. The predicted molar refractivity (Wildman–Crippen MR) is 82.4 cm³/mol. The van der Waals surface area contributed by atoms with Crippen molar-refractivity contribution in [1.82, 2.24) is 0 Å². The van der Waals surface area contributed by atoms with E-state index >= 15 is 0 Å². The molecule has 0 unspecified atom stereocenters. The topological polar surface area (TPSA) is 52.9 Å². The van der Waals surface area contributed by atoms with E-state index in [1.165, 1.54) is 11.3 Å². The van der Waals surface area contributed by atoms with Crippen molar-refractivity contribution in [2.45, 2.75) is 27.7 Å². The normalized spacial score (nSPS) is 10.2. The summed E-state index contributed by atoms with van der Waals surface area (Å²) in [6.45, 7) is 7.84. The smallest absolute Gasteiger partial charge is 0.256 e. The number of carbonyl (C=O) groups is 1. The van der Waals surface area contributed by atoms with E-state index in [-0.39, 0.29) is 5.91 Å². The highest BCUT2D eigenvalue weighted by Crippen LogP contribution is 2.32. The Morgan fingerprint density at radius 3 is 2.50 bits per heavy atom. The maximum atomic E-state index is 12.3. The molecule has 102 valence electrons. The van der Waals surface area contributed by atoms with Gasteiger partial charge in [0, 0.05) is 10.4 Å². The Morgan fingerprint density at radius 1 is 1.20 bits per heavy atom. The summed E-state index contributed by atoms with van der Waals surface area (Å²) in [6.07, 6.45) is 0. The number of nitrogens with zero attached hydrogens (tertiary/aromatic N) is 1. The average molecular weight is 284 g/mol. The van der Waals surface area contributed by atoms with Crippen LogP contribution in [0.3, 0.4) is 0 Å². The van der Waals surface area contributed by atoms with Crippen LogP contribution >= 0.6 is 11.3 Å². The number of thiophene rings is 1. The molecule has 4 heteroatoms. The third-order valence-corrected chi connectivity index (χ3v) is 4.62. The Morgan fingerprint density at radius 2 is 1.90 bits per heavy atom. The standard InChI is InChI=1S/C16H16N2OS/c1-9-5-6-13(7-10(9)2)15(19)18-16-14(8-17)11(3)12(4)20-16/h5-7H,1-4H3,(H,18,19). The molecule has 0 saturated heterocycles. The number of aryl methyl sites for hydroxylation is 3. The van der Waals surface area contributed by atoms with E-state index in [9.17, 15) is 10.1 Å². The molecule has 0 fully saturated rings. The summed E-state index contributed by atoms with van der Waals surface area (Å²) in [7, 11) is 0. The molecule has 0 bridgehead atoms. The van der Waals surface area contributed by atoms with Crippen molar-refractivity contribution in [1.29, 1.82) is 5.26 Å². The van der Waals surface area contributed by atoms with Crippen LogP contribution in [0.4, 0.5) is 5.00 Å². The lowest BCUT2D eigenvalue weighted by Gasteiger charge is -2.06. The summed E-state index contributed by atoms with van der Waals surface area (Å²) < 4.78 is 0. The van der Waals surface area contributed by atoms with E-state index in [4.69, 9.17) is 0 Å². The minimum Gasteiger partial charge on any atom is -0.312 e. The van der Waals surface area contributed by atoms with Crippen LogP contribution in [-0.2, 0) is 0 Å². The van der Waals surface area contributed by atoms with E-state index in [1.54, 1.807) is 6.07 Å². The molecular formula is C16H16N2OS. The van der Waals surface area contributed by atoms with Crippen molar-refractivity contribution in [2.75, 3.05) is 5.32 Å². The van der Waals surface area contributed by atoms with Crippen LogP contribution in [0, 0.1) is 39.0 Å². The van der Waals surface area contributed by atoms with Gasteiger partial charge in [-0.05, 0) is 56.5 Å². The molecule has 2 aromatic rings. The minimum atomic E-state index is -0.175. The molecule has 3 nitrogen and oxygen atoms in total. The largest absolute Gasteiger partial charge is 0.312 e. The van der Waals surface area contributed by atoms with E-state index in [0.717, 1.165) is 21.6 Å². The van der Waals surface area contributed by atoms with Gasteiger partial charge < -0.3 is 5.32 Å². The molecule has 2 rings (SSSR count). The molecule has 0 aliphatic heterocycles. The third-order valence-electron chi connectivity index (χ3n) is 3.49. The summed E-state index contributed by atoms with van der Waals surface area (Å²) in [6, 6.07) is 7.76. The summed E-state index contributed by atoms with van der Waals surface area (Å²) in [5.41, 5.74) is 4.34. The number of carbonyl (C=O) groups excluding carboxylic acids is 1. The van der Waals surface area contributed by atoms with Crippen molar-refractivity contribution >= 4 is 22.2 Å². The number of benzene rings is 1. The average Bonchev–Trinajstić information content (AvgIpc) is 2.67. The minimum absolute atomic E-state index is 0.175. The molecule has 0 spiro atoms. The van der Waals surface area contributed by atoms with Crippen LogP contribution < -0.4 is 5.32 Å². The summed E-state index contributed by atoms with van der Waals surface area (Å²) in [5, 5.41) is 12.7. The van der Waals surface area contributed by atoms with Crippen molar-refractivity contribution in [3.63, 3.8) is 0 Å². The fourth-order valence-electron chi connectivity index (χ4n) is 1.91. The van der Waals surface area contributed by atoms with Gasteiger partial charge in [-0.3, -0.25) is 4.79 Å². The van der Waals surface area contributed by atoms with Gasteiger partial charge in [-0.1, -0.05) is 6.07 Å². The van der Waals surface area contributed by atoms with Gasteiger partial charge in [-0.2, -0.15) is 5.26 Å². The molecule has 0 radical (unpaired) electrons. The second-order valence-corrected chi connectivity index (χ2v) is 6.08. The number of nitriles is 1. The van der Waals surface area contributed by atoms with Crippen molar-refractivity contribution in [2.24, 2.45) is 0 Å². The van der Waals surface area contributed by atoms with Crippen molar-refractivity contribution in [3.05, 3.63) is 50.9 Å². The third kappa shape index (κ3) is 2.59. The van der Waals surface area contributed by atoms with Crippen LogP contribution in [0.5, 0.6) is 0 Å². The fraction of sp³-hybridized carbons (Fsp3) is 0.250. The molecule has 1 amide bonds. The molecule has 1 heterocycles. The van der Waals surface area contributed by atoms with Crippen molar-refractivity contribution < 1.29 is 4.79 Å². The van der Waals surface area contributed by atoms with Gasteiger partial charge in [0.1, 0.15) is 11.1 Å². The Balaban J connectivity index is 2.30. The molecule has 0 aliphatic carbocycles. The predicted octanol–water partition coefficient (Wildman–Crippen LogP) is 4.11. The van der Waals surface area contributed by atoms with Gasteiger partial charge in [0.15, 0.2) is 0 Å². The first-order chi connectivity index (χ1) is 9.43. The van der Waals surface area contributed by atoms with Crippen LogP contribution in [0.1, 0.15) is 37.5 Å². The molecule has 0 aliphatic rings. The van der Waals surface area contributed by atoms with Crippen LogP contribution in [0.2, 0.25) is 0 Å². The van der Waals surface area contributed by atoms with Crippen molar-refractivity contribution in [3.8, 4) is 6.07 Å². The summed E-state index contributed by atoms with van der Waals surface area (Å²) in [5.74, 6) is -0.175. The second-order valence-electron chi connectivity index (χ2n) is 4.85. The lowest BCUT2D eigenvalue weighted by atomic mass is 10.1. The van der Waals surface area contributed by atoms with Gasteiger partial charge in [0.25, 0.3) is 5.91 Å². The highest BCUT2D eigenvalue weighted by atomic mass is 32.1. The molecule has 1 aromatic heterocycles. The quantitative estimate of drug-likeness (QED) is 0.902.